The van der Waals surface area contributed by atoms with Crippen molar-refractivity contribution in [1.82, 2.24) is 0 Å². The Bertz CT molecular complexity index is 1310. The second-order valence-corrected chi connectivity index (χ2v) is 10.8. The molecule has 198 valence electrons. The molecule has 8 nitrogen and oxygen atoms in total. The largest absolute Gasteiger partial charge is 0.472 e. The number of hydrogen-bond acceptors (Lipinski definition) is 8. The molecule has 1 aliphatic heterocycles. The van der Waals surface area contributed by atoms with Crippen LogP contribution >= 0.6 is 0 Å². The summed E-state index contributed by atoms with van der Waals surface area (Å²) in [5.41, 5.74) is -0.211. The summed E-state index contributed by atoms with van der Waals surface area (Å²) < 4.78 is 21.6. The minimum Gasteiger partial charge on any atom is -0.472 e. The Balaban J connectivity index is 1.51. The molecule has 1 saturated heterocycles. The Morgan fingerprint density at radius 1 is 1.08 bits per heavy atom. The number of Topliss-reactive ketones (excluding diaryl/α,β-unsaturated/α-hetero) is 1. The zero-order valence-corrected chi connectivity index (χ0v) is 21.5. The van der Waals surface area contributed by atoms with Gasteiger partial charge in [0.2, 0.25) is 5.78 Å². The van der Waals surface area contributed by atoms with Crippen molar-refractivity contribution in [1.29, 1.82) is 0 Å². The van der Waals surface area contributed by atoms with Crippen LogP contribution in [0.5, 0.6) is 0 Å². The molecule has 2 fully saturated rings. The predicted molar refractivity (Wildman–Crippen MR) is 135 cm³/mol. The van der Waals surface area contributed by atoms with Crippen molar-refractivity contribution in [2.45, 2.75) is 39.2 Å². The van der Waals surface area contributed by atoms with E-state index in [1.54, 1.807) is 12.1 Å². The van der Waals surface area contributed by atoms with E-state index in [1.807, 2.05) is 44.2 Å². The Kier molecular flexibility index (Phi) is 6.59. The van der Waals surface area contributed by atoms with E-state index in [9.17, 15) is 19.2 Å². The number of benzene rings is 1. The lowest BCUT2D eigenvalue weighted by atomic mass is 9.44. The fourth-order valence-corrected chi connectivity index (χ4v) is 6.76. The van der Waals surface area contributed by atoms with Gasteiger partial charge in [0, 0.05) is 17.6 Å². The van der Waals surface area contributed by atoms with Crippen molar-refractivity contribution >= 4 is 29.8 Å². The van der Waals surface area contributed by atoms with Crippen molar-refractivity contribution in [3.05, 3.63) is 78.0 Å². The second-order valence-electron chi connectivity index (χ2n) is 10.8. The number of carbonyl (C=O) groups excluding carboxylic acids is 4. The molecule has 8 heteroatoms. The lowest BCUT2D eigenvalue weighted by Crippen LogP contribution is -2.61. The summed E-state index contributed by atoms with van der Waals surface area (Å²) in [4.78, 5) is 53.1. The van der Waals surface area contributed by atoms with Crippen LogP contribution in [0.3, 0.4) is 0 Å². The van der Waals surface area contributed by atoms with Gasteiger partial charge >= 0.3 is 17.9 Å². The van der Waals surface area contributed by atoms with Crippen LogP contribution in [-0.2, 0) is 33.4 Å². The Hall–Kier alpha value is -3.94. The average molecular weight is 519 g/mol. The normalized spacial score (nSPS) is 32.6. The van der Waals surface area contributed by atoms with Crippen LogP contribution < -0.4 is 0 Å². The molecule has 0 radical (unpaired) electrons. The maximum atomic E-state index is 14.1. The number of rotatable bonds is 5. The third kappa shape index (κ3) is 4.27. The monoisotopic (exact) mass is 518 g/mol. The number of cyclic esters (lactones) is 1. The molecule has 0 bridgehead atoms. The average Bonchev–Trinajstić information content (AvgIpc) is 3.44. The molecule has 1 saturated carbocycles. The molecule has 2 aromatic rings. The molecule has 3 aliphatic rings. The lowest BCUT2D eigenvalue weighted by Gasteiger charge is -2.59. The van der Waals surface area contributed by atoms with Crippen molar-refractivity contribution in [2.24, 2.45) is 28.6 Å². The van der Waals surface area contributed by atoms with Crippen LogP contribution in [0.1, 0.15) is 50.3 Å². The van der Waals surface area contributed by atoms with Gasteiger partial charge in [-0.2, -0.15) is 0 Å². The summed E-state index contributed by atoms with van der Waals surface area (Å²) in [6.45, 7) is 3.79. The molecule has 0 spiro atoms. The van der Waals surface area contributed by atoms with Gasteiger partial charge in [-0.1, -0.05) is 44.2 Å². The summed E-state index contributed by atoms with van der Waals surface area (Å²) in [5.74, 6) is -4.41. The number of fused-ring (bicyclic) bond motifs is 3. The summed E-state index contributed by atoms with van der Waals surface area (Å²) >= 11 is 0. The SMILES string of the molecule is COC(=O)C1C=C(OC(=O)C=Cc2ccccc2)C(=O)C2C1(C)CCC1C(=O)OC(c3ccoc3)CC12C. The maximum Gasteiger partial charge on any atom is 0.336 e. The highest BCUT2D eigenvalue weighted by atomic mass is 16.6. The fraction of sp³-hybridized carbons (Fsp3) is 0.400. The summed E-state index contributed by atoms with van der Waals surface area (Å²) in [6, 6.07) is 10.9. The van der Waals surface area contributed by atoms with Crippen molar-refractivity contribution in [3.63, 3.8) is 0 Å². The lowest BCUT2D eigenvalue weighted by molar-refractivity contribution is -0.198. The van der Waals surface area contributed by atoms with Crippen LogP contribution in [0.15, 0.2) is 71.3 Å². The van der Waals surface area contributed by atoms with E-state index in [-0.39, 0.29) is 11.7 Å². The van der Waals surface area contributed by atoms with Crippen LogP contribution in [0, 0.1) is 28.6 Å². The maximum absolute atomic E-state index is 14.1. The highest BCUT2D eigenvalue weighted by molar-refractivity contribution is 6.03. The van der Waals surface area contributed by atoms with Gasteiger partial charge in [-0.25, -0.2) is 4.79 Å². The topological polar surface area (TPSA) is 109 Å². The third-order valence-electron chi connectivity index (χ3n) is 8.58. The molecule has 6 atom stereocenters. The van der Waals surface area contributed by atoms with E-state index in [2.05, 4.69) is 0 Å². The van der Waals surface area contributed by atoms with Crippen molar-refractivity contribution in [2.75, 3.05) is 7.11 Å². The molecule has 1 aromatic heterocycles. The molecule has 2 aliphatic carbocycles. The predicted octanol–water partition coefficient (Wildman–Crippen LogP) is 4.82. The molecule has 2 heterocycles. The standard InChI is InChI=1S/C30H30O8/c1-29-13-11-20-28(34)38-23(19-12-14-36-17-19)16-30(20,2)26(29)25(32)22(15-21(29)27(33)35-3)37-24(31)10-9-18-7-5-4-6-8-18/h4-10,12,14-15,17,20-21,23,26H,11,13,16H2,1-3H3. The first kappa shape index (κ1) is 25.7. The highest BCUT2D eigenvalue weighted by Crippen LogP contribution is 2.64. The van der Waals surface area contributed by atoms with Crippen LogP contribution in [0.25, 0.3) is 6.08 Å². The van der Waals surface area contributed by atoms with Crippen molar-refractivity contribution < 1.29 is 37.8 Å². The molecular formula is C30H30O8. The van der Waals surface area contributed by atoms with Gasteiger partial charge in [0.15, 0.2) is 5.76 Å². The molecule has 6 unspecified atom stereocenters. The summed E-state index contributed by atoms with van der Waals surface area (Å²) in [6.07, 6.45) is 7.92. The van der Waals surface area contributed by atoms with Gasteiger partial charge in [0.25, 0.3) is 0 Å². The molecular weight excluding hydrogens is 488 g/mol. The number of carbonyl (C=O) groups is 4. The van der Waals surface area contributed by atoms with Gasteiger partial charge < -0.3 is 18.6 Å². The van der Waals surface area contributed by atoms with E-state index in [1.165, 1.54) is 31.8 Å². The second kappa shape index (κ2) is 9.74. The van der Waals surface area contributed by atoms with E-state index < -0.39 is 52.4 Å². The Morgan fingerprint density at radius 2 is 1.84 bits per heavy atom. The molecule has 38 heavy (non-hydrogen) atoms. The number of hydrogen-bond donors (Lipinski definition) is 0. The molecule has 1 aromatic carbocycles. The number of esters is 3. The minimum absolute atomic E-state index is 0.203. The third-order valence-corrected chi connectivity index (χ3v) is 8.58. The number of ether oxygens (including phenoxy) is 3. The van der Waals surface area contributed by atoms with Gasteiger partial charge in [0.05, 0.1) is 31.5 Å². The minimum atomic E-state index is -0.862. The Morgan fingerprint density at radius 3 is 2.53 bits per heavy atom. The number of allylic oxidation sites excluding steroid dienone is 1. The first-order chi connectivity index (χ1) is 18.2. The van der Waals surface area contributed by atoms with Gasteiger partial charge in [-0.15, -0.1) is 0 Å². The van der Waals surface area contributed by atoms with Gasteiger partial charge in [0.1, 0.15) is 6.10 Å². The quantitative estimate of drug-likeness (QED) is 0.315. The van der Waals surface area contributed by atoms with Crippen LogP contribution in [0.2, 0.25) is 0 Å². The highest BCUT2D eigenvalue weighted by Gasteiger charge is 2.66. The summed E-state index contributed by atoms with van der Waals surface area (Å²) in [7, 11) is 1.29. The molecule has 0 amide bonds. The van der Waals surface area contributed by atoms with Crippen LogP contribution in [0.4, 0.5) is 0 Å². The van der Waals surface area contributed by atoms with E-state index in [0.717, 1.165) is 5.56 Å². The smallest absolute Gasteiger partial charge is 0.336 e. The van der Waals surface area contributed by atoms with Gasteiger partial charge in [-0.05, 0) is 53.9 Å². The van der Waals surface area contributed by atoms with Gasteiger partial charge in [-0.3, -0.25) is 14.4 Å². The number of ketones is 1. The van der Waals surface area contributed by atoms with E-state index in [0.29, 0.717) is 24.8 Å². The fourth-order valence-electron chi connectivity index (χ4n) is 6.76. The zero-order valence-electron chi connectivity index (χ0n) is 21.5. The first-order valence-corrected chi connectivity index (χ1v) is 12.7. The van der Waals surface area contributed by atoms with E-state index in [4.69, 9.17) is 18.6 Å². The molecule has 5 rings (SSSR count). The van der Waals surface area contributed by atoms with E-state index >= 15 is 0 Å². The zero-order chi connectivity index (χ0) is 27.1. The number of furan rings is 1. The first-order valence-electron chi connectivity index (χ1n) is 12.7. The Labute approximate surface area is 220 Å². The molecule has 0 N–H and O–H groups in total. The van der Waals surface area contributed by atoms with Crippen LogP contribution in [-0.4, -0.2) is 30.8 Å². The summed E-state index contributed by atoms with van der Waals surface area (Å²) in [5, 5.41) is 0. The number of methoxy groups -OCH3 is 1. The van der Waals surface area contributed by atoms with Crippen molar-refractivity contribution in [3.8, 4) is 0 Å².